The number of carbonyl (C=O) groups excluding carboxylic acids is 2. The zero-order chi connectivity index (χ0) is 21.1. The fraction of sp³-hybridized carbons (Fsp3) is 0.417. The third-order valence-electron chi connectivity index (χ3n) is 6.21. The highest BCUT2D eigenvalue weighted by atomic mass is 19.1. The van der Waals surface area contributed by atoms with Crippen LogP contribution in [0.1, 0.15) is 28.8 Å². The van der Waals surface area contributed by atoms with E-state index in [4.69, 9.17) is 0 Å². The lowest BCUT2D eigenvalue weighted by atomic mass is 9.94. The van der Waals surface area contributed by atoms with Crippen LogP contribution in [0.3, 0.4) is 0 Å². The van der Waals surface area contributed by atoms with Crippen LogP contribution in [0.25, 0.3) is 0 Å². The number of hydrogen-bond donors (Lipinski definition) is 0. The minimum Gasteiger partial charge on any atom is -0.366 e. The smallest absolute Gasteiger partial charge is 0.253 e. The molecule has 2 amide bonds. The van der Waals surface area contributed by atoms with E-state index in [2.05, 4.69) is 0 Å². The van der Waals surface area contributed by atoms with Crippen molar-refractivity contribution in [2.75, 3.05) is 44.2 Å². The molecule has 0 radical (unpaired) electrons. The second-order valence-corrected chi connectivity index (χ2v) is 8.20. The fourth-order valence-corrected chi connectivity index (χ4v) is 4.34. The van der Waals surface area contributed by atoms with E-state index in [1.807, 2.05) is 52.0 Å². The van der Waals surface area contributed by atoms with Gasteiger partial charge in [0.25, 0.3) is 5.91 Å². The normalized spacial score (nSPS) is 17.9. The van der Waals surface area contributed by atoms with Crippen LogP contribution >= 0.6 is 0 Å². The van der Waals surface area contributed by atoms with Gasteiger partial charge in [0.15, 0.2) is 0 Å². The van der Waals surface area contributed by atoms with Gasteiger partial charge in [-0.25, -0.2) is 4.39 Å². The Hall–Kier alpha value is -2.89. The van der Waals surface area contributed by atoms with Crippen molar-refractivity contribution in [2.45, 2.75) is 19.8 Å². The lowest BCUT2D eigenvalue weighted by Crippen LogP contribution is -2.52. The number of likely N-dealkylation sites (tertiary alicyclic amines) is 1. The molecule has 0 aromatic heterocycles. The van der Waals surface area contributed by atoms with E-state index in [-0.39, 0.29) is 23.5 Å². The van der Waals surface area contributed by atoms with E-state index in [1.165, 1.54) is 6.07 Å². The summed E-state index contributed by atoms with van der Waals surface area (Å²) in [5.41, 5.74) is 2.44. The lowest BCUT2D eigenvalue weighted by Gasteiger charge is -2.39. The molecule has 0 aliphatic carbocycles. The summed E-state index contributed by atoms with van der Waals surface area (Å²) in [7, 11) is 0. The Bertz CT molecular complexity index is 899. The maximum Gasteiger partial charge on any atom is 0.253 e. The average Bonchev–Trinajstić information content (AvgIpc) is 2.79. The van der Waals surface area contributed by atoms with Crippen LogP contribution in [-0.2, 0) is 4.79 Å². The molecule has 2 aliphatic rings. The molecule has 0 bridgehead atoms. The van der Waals surface area contributed by atoms with Gasteiger partial charge in [-0.15, -0.1) is 0 Å². The number of halogens is 1. The Morgan fingerprint density at radius 2 is 1.47 bits per heavy atom. The molecule has 5 nitrogen and oxygen atoms in total. The molecule has 0 saturated carbocycles. The second kappa shape index (κ2) is 8.86. The molecule has 4 rings (SSSR count). The minimum absolute atomic E-state index is 0.0351. The third kappa shape index (κ3) is 4.32. The minimum atomic E-state index is -0.220. The monoisotopic (exact) mass is 409 g/mol. The number of aryl methyl sites for hydroxylation is 1. The van der Waals surface area contributed by atoms with Crippen molar-refractivity contribution in [2.24, 2.45) is 5.92 Å². The van der Waals surface area contributed by atoms with Crippen molar-refractivity contribution in [1.29, 1.82) is 0 Å². The van der Waals surface area contributed by atoms with E-state index >= 15 is 0 Å². The van der Waals surface area contributed by atoms with E-state index in [1.54, 1.807) is 12.1 Å². The molecule has 2 saturated heterocycles. The Morgan fingerprint density at radius 3 is 2.10 bits per heavy atom. The predicted octanol–water partition coefficient (Wildman–Crippen LogP) is 3.34. The molecule has 0 atom stereocenters. The van der Waals surface area contributed by atoms with E-state index < -0.39 is 0 Å². The number of rotatable bonds is 3. The Morgan fingerprint density at radius 1 is 0.833 bits per heavy atom. The molecule has 2 heterocycles. The molecule has 158 valence electrons. The first-order chi connectivity index (χ1) is 14.5. The van der Waals surface area contributed by atoms with Gasteiger partial charge in [-0.3, -0.25) is 9.59 Å². The molecule has 2 fully saturated rings. The molecular weight excluding hydrogens is 381 g/mol. The number of nitrogens with zero attached hydrogens (tertiary/aromatic N) is 3. The summed E-state index contributed by atoms with van der Waals surface area (Å²) in [6.45, 7) is 5.71. The first-order valence-electron chi connectivity index (χ1n) is 10.7. The molecular formula is C24H28FN3O2. The van der Waals surface area contributed by atoms with Gasteiger partial charge in [-0.2, -0.15) is 0 Å². The largest absolute Gasteiger partial charge is 0.366 e. The highest BCUT2D eigenvalue weighted by molar-refractivity contribution is 5.94. The predicted molar refractivity (Wildman–Crippen MR) is 115 cm³/mol. The number of carbonyl (C=O) groups is 2. The molecule has 0 spiro atoms. The molecule has 30 heavy (non-hydrogen) atoms. The molecule has 2 aromatic carbocycles. The summed E-state index contributed by atoms with van der Waals surface area (Å²) in [5.74, 6) is -0.0417. The van der Waals surface area contributed by atoms with E-state index in [0.29, 0.717) is 63.4 Å². The summed E-state index contributed by atoms with van der Waals surface area (Å²) in [6, 6.07) is 14.4. The standard InChI is InChI=1S/C24H28FN3O2/c1-18-6-8-19(9-7-18)23(29)27-12-10-20(11-13-27)24(30)28-16-14-26(15-17-28)22-5-3-2-4-21(22)25/h2-9,20H,10-17H2,1H3. The van der Waals surface area contributed by atoms with Crippen molar-refractivity contribution in [3.8, 4) is 0 Å². The number of piperazine rings is 1. The van der Waals surface area contributed by atoms with Crippen molar-refractivity contribution < 1.29 is 14.0 Å². The van der Waals surface area contributed by atoms with Crippen molar-refractivity contribution >= 4 is 17.5 Å². The van der Waals surface area contributed by atoms with Crippen molar-refractivity contribution in [1.82, 2.24) is 9.80 Å². The average molecular weight is 410 g/mol. The van der Waals surface area contributed by atoms with Crippen molar-refractivity contribution in [3.63, 3.8) is 0 Å². The first kappa shape index (κ1) is 20.4. The number of benzene rings is 2. The van der Waals surface area contributed by atoms with Gasteiger partial charge in [-0.05, 0) is 44.0 Å². The van der Waals surface area contributed by atoms with Crippen molar-refractivity contribution in [3.05, 3.63) is 65.5 Å². The third-order valence-corrected chi connectivity index (χ3v) is 6.21. The van der Waals surface area contributed by atoms with Gasteiger partial charge in [0.05, 0.1) is 5.69 Å². The van der Waals surface area contributed by atoms with Crippen LogP contribution in [0.15, 0.2) is 48.5 Å². The van der Waals surface area contributed by atoms with E-state index in [9.17, 15) is 14.0 Å². The van der Waals surface area contributed by atoms with Crippen LogP contribution < -0.4 is 4.90 Å². The van der Waals surface area contributed by atoms with E-state index in [0.717, 1.165) is 5.56 Å². The molecule has 2 aliphatic heterocycles. The quantitative estimate of drug-likeness (QED) is 0.781. The number of hydrogen-bond acceptors (Lipinski definition) is 3. The maximum atomic E-state index is 14.0. The Labute approximate surface area is 177 Å². The summed E-state index contributed by atoms with van der Waals surface area (Å²) >= 11 is 0. The highest BCUT2D eigenvalue weighted by Crippen LogP contribution is 2.24. The van der Waals surface area contributed by atoms with Gasteiger partial charge in [0.1, 0.15) is 5.82 Å². The zero-order valence-electron chi connectivity index (χ0n) is 17.4. The fourth-order valence-electron chi connectivity index (χ4n) is 4.34. The first-order valence-corrected chi connectivity index (χ1v) is 10.7. The summed E-state index contributed by atoms with van der Waals surface area (Å²) in [4.78, 5) is 31.4. The summed E-state index contributed by atoms with van der Waals surface area (Å²) < 4.78 is 14.0. The van der Waals surface area contributed by atoms with Gasteiger partial charge in [0.2, 0.25) is 5.91 Å². The number of para-hydroxylation sites is 1. The van der Waals surface area contributed by atoms with Crippen LogP contribution in [0.5, 0.6) is 0 Å². The number of amides is 2. The zero-order valence-corrected chi connectivity index (χ0v) is 17.4. The second-order valence-electron chi connectivity index (χ2n) is 8.20. The Kier molecular flexibility index (Phi) is 6.02. The highest BCUT2D eigenvalue weighted by Gasteiger charge is 2.32. The maximum absolute atomic E-state index is 14.0. The SMILES string of the molecule is Cc1ccc(C(=O)N2CCC(C(=O)N3CCN(c4ccccc4F)CC3)CC2)cc1. The van der Waals surface area contributed by atoms with Gasteiger partial charge >= 0.3 is 0 Å². The van der Waals surface area contributed by atoms with Crippen LogP contribution in [-0.4, -0.2) is 60.9 Å². The van der Waals surface area contributed by atoms with Crippen LogP contribution in [0.4, 0.5) is 10.1 Å². The molecule has 0 N–H and O–H groups in total. The topological polar surface area (TPSA) is 43.9 Å². The molecule has 6 heteroatoms. The number of piperidine rings is 1. The van der Waals surface area contributed by atoms with Crippen LogP contribution in [0, 0.1) is 18.7 Å². The molecule has 0 unspecified atom stereocenters. The van der Waals surface area contributed by atoms with Gasteiger partial charge in [0, 0.05) is 50.7 Å². The van der Waals surface area contributed by atoms with Crippen LogP contribution in [0.2, 0.25) is 0 Å². The lowest BCUT2D eigenvalue weighted by molar-refractivity contribution is -0.137. The Balaban J connectivity index is 1.28. The summed E-state index contributed by atoms with van der Waals surface area (Å²) in [5, 5.41) is 0. The summed E-state index contributed by atoms with van der Waals surface area (Å²) in [6.07, 6.45) is 1.40. The van der Waals surface area contributed by atoms with Gasteiger partial charge < -0.3 is 14.7 Å². The molecule has 2 aromatic rings. The van der Waals surface area contributed by atoms with Gasteiger partial charge in [-0.1, -0.05) is 29.8 Å². The number of anilines is 1.